The van der Waals surface area contributed by atoms with Gasteiger partial charge in [-0.3, -0.25) is 4.79 Å². The maximum atomic E-state index is 12.1. The normalized spacial score (nSPS) is 10.6. The van der Waals surface area contributed by atoms with E-state index in [2.05, 4.69) is 5.32 Å². The molecule has 0 saturated heterocycles. The van der Waals surface area contributed by atoms with Crippen molar-refractivity contribution in [1.29, 1.82) is 0 Å². The van der Waals surface area contributed by atoms with Gasteiger partial charge in [0.05, 0.1) is 33.4 Å². The number of halogens is 1. The van der Waals surface area contributed by atoms with Gasteiger partial charge in [-0.25, -0.2) is 0 Å². The van der Waals surface area contributed by atoms with E-state index < -0.39 is 0 Å². The molecule has 0 aromatic heterocycles. The first-order valence-electron chi connectivity index (χ1n) is 7.57. The molecule has 0 aliphatic heterocycles. The van der Waals surface area contributed by atoms with E-state index >= 15 is 0 Å². The van der Waals surface area contributed by atoms with Crippen LogP contribution < -0.4 is 19.5 Å². The van der Waals surface area contributed by atoms with Crippen LogP contribution in [0.15, 0.2) is 42.5 Å². The Kier molecular flexibility index (Phi) is 6.71. The van der Waals surface area contributed by atoms with E-state index in [1.54, 1.807) is 51.7 Å². The molecule has 0 saturated carbocycles. The molecule has 1 N–H and O–H groups in total. The minimum Gasteiger partial charge on any atom is -0.496 e. The second kappa shape index (κ2) is 8.99. The van der Waals surface area contributed by atoms with Crippen molar-refractivity contribution in [1.82, 2.24) is 5.32 Å². The molecule has 6 heteroatoms. The Bertz CT molecular complexity index is 749. The number of methoxy groups -OCH3 is 3. The second-order valence-electron chi connectivity index (χ2n) is 5.12. The van der Waals surface area contributed by atoms with Crippen LogP contribution in [0.3, 0.4) is 0 Å². The Morgan fingerprint density at radius 3 is 2.32 bits per heavy atom. The topological polar surface area (TPSA) is 56.8 Å². The fourth-order valence-corrected chi connectivity index (χ4v) is 2.47. The van der Waals surface area contributed by atoms with Crippen molar-refractivity contribution in [3.8, 4) is 17.2 Å². The summed E-state index contributed by atoms with van der Waals surface area (Å²) in [6.45, 7) is 0.259. The van der Waals surface area contributed by atoms with E-state index in [1.807, 2.05) is 12.1 Å². The average molecular weight is 362 g/mol. The quantitative estimate of drug-likeness (QED) is 0.764. The Balaban J connectivity index is 2.08. The molecular weight excluding hydrogens is 342 g/mol. The van der Waals surface area contributed by atoms with Gasteiger partial charge in [-0.2, -0.15) is 0 Å². The largest absolute Gasteiger partial charge is 0.496 e. The van der Waals surface area contributed by atoms with Crippen molar-refractivity contribution in [3.63, 3.8) is 0 Å². The number of hydrogen-bond acceptors (Lipinski definition) is 4. The number of hydrogen-bond donors (Lipinski definition) is 1. The molecule has 0 unspecified atom stereocenters. The molecule has 2 aromatic carbocycles. The first-order valence-corrected chi connectivity index (χ1v) is 7.95. The molecule has 2 aromatic rings. The second-order valence-corrected chi connectivity index (χ2v) is 5.55. The molecule has 0 fully saturated rings. The molecule has 0 heterocycles. The summed E-state index contributed by atoms with van der Waals surface area (Å²) in [5.74, 6) is 1.54. The highest BCUT2D eigenvalue weighted by Gasteiger charge is 2.13. The fraction of sp³-hybridized carbons (Fsp3) is 0.211. The number of carbonyl (C=O) groups is 1. The van der Waals surface area contributed by atoms with Crippen LogP contribution in [0.4, 0.5) is 0 Å². The number of amides is 1. The third-order valence-electron chi connectivity index (χ3n) is 3.53. The number of ether oxygens (including phenoxy) is 3. The monoisotopic (exact) mass is 361 g/mol. The van der Waals surface area contributed by atoms with Gasteiger partial charge in [-0.05, 0) is 23.8 Å². The summed E-state index contributed by atoms with van der Waals surface area (Å²) < 4.78 is 15.9. The Labute approximate surface area is 152 Å². The predicted molar refractivity (Wildman–Crippen MR) is 98.4 cm³/mol. The van der Waals surface area contributed by atoms with Gasteiger partial charge < -0.3 is 19.5 Å². The zero-order chi connectivity index (χ0) is 18.2. The summed E-state index contributed by atoms with van der Waals surface area (Å²) in [7, 11) is 4.67. The lowest BCUT2D eigenvalue weighted by molar-refractivity contribution is -0.116. The third-order valence-corrected chi connectivity index (χ3v) is 3.77. The molecular formula is C19H20ClNO4. The molecule has 0 atom stereocenters. The summed E-state index contributed by atoms with van der Waals surface area (Å²) in [6.07, 6.45) is 3.15. The Morgan fingerprint density at radius 2 is 1.76 bits per heavy atom. The van der Waals surface area contributed by atoms with E-state index in [0.717, 1.165) is 11.1 Å². The van der Waals surface area contributed by atoms with Crippen molar-refractivity contribution in [2.75, 3.05) is 21.3 Å². The Morgan fingerprint density at radius 1 is 1.08 bits per heavy atom. The van der Waals surface area contributed by atoms with E-state index in [4.69, 9.17) is 25.8 Å². The first-order chi connectivity index (χ1) is 12.1. The number of rotatable bonds is 7. The minimum absolute atomic E-state index is 0.236. The zero-order valence-electron chi connectivity index (χ0n) is 14.3. The van der Waals surface area contributed by atoms with E-state index in [0.29, 0.717) is 22.3 Å². The maximum absolute atomic E-state index is 12.1. The maximum Gasteiger partial charge on any atom is 0.244 e. The molecule has 2 rings (SSSR count). The van der Waals surface area contributed by atoms with Crippen LogP contribution in [0.1, 0.15) is 11.1 Å². The Hall–Kier alpha value is -2.66. The SMILES string of the molecule is COc1cc(OC)c(CNC(=O)/C=C/c2cccc(Cl)c2)c(OC)c1. The van der Waals surface area contributed by atoms with Gasteiger partial charge in [0.25, 0.3) is 0 Å². The van der Waals surface area contributed by atoms with Crippen molar-refractivity contribution in [2.24, 2.45) is 0 Å². The van der Waals surface area contributed by atoms with Crippen LogP contribution in [0.25, 0.3) is 6.08 Å². The molecule has 25 heavy (non-hydrogen) atoms. The van der Waals surface area contributed by atoms with Gasteiger partial charge in [0.15, 0.2) is 0 Å². The zero-order valence-corrected chi connectivity index (χ0v) is 15.1. The van der Waals surface area contributed by atoms with Gasteiger partial charge in [0.2, 0.25) is 5.91 Å². The van der Waals surface area contributed by atoms with E-state index in [-0.39, 0.29) is 12.5 Å². The van der Waals surface area contributed by atoms with Crippen LogP contribution in [0, 0.1) is 0 Å². The van der Waals surface area contributed by atoms with Gasteiger partial charge >= 0.3 is 0 Å². The highest BCUT2D eigenvalue weighted by atomic mass is 35.5. The summed E-state index contributed by atoms with van der Waals surface area (Å²) in [4.78, 5) is 12.1. The van der Waals surface area contributed by atoms with Gasteiger partial charge in [-0.15, -0.1) is 0 Å². The van der Waals surface area contributed by atoms with Gasteiger partial charge in [0, 0.05) is 23.2 Å². The lowest BCUT2D eigenvalue weighted by Gasteiger charge is -2.15. The van der Waals surface area contributed by atoms with Crippen molar-refractivity contribution in [2.45, 2.75) is 6.54 Å². The molecule has 132 valence electrons. The van der Waals surface area contributed by atoms with Crippen molar-refractivity contribution < 1.29 is 19.0 Å². The first kappa shape index (κ1) is 18.7. The summed E-state index contributed by atoms with van der Waals surface area (Å²) in [5.41, 5.74) is 1.58. The highest BCUT2D eigenvalue weighted by Crippen LogP contribution is 2.33. The van der Waals surface area contributed by atoms with E-state index in [1.165, 1.54) is 6.08 Å². The average Bonchev–Trinajstić information content (AvgIpc) is 2.63. The number of nitrogens with one attached hydrogen (secondary N) is 1. The lowest BCUT2D eigenvalue weighted by atomic mass is 10.1. The summed E-state index contributed by atoms with van der Waals surface area (Å²) >= 11 is 5.92. The lowest BCUT2D eigenvalue weighted by Crippen LogP contribution is -2.21. The molecule has 1 amide bonds. The fourth-order valence-electron chi connectivity index (χ4n) is 2.27. The van der Waals surface area contributed by atoms with E-state index in [9.17, 15) is 4.79 Å². The van der Waals surface area contributed by atoms with Crippen LogP contribution in [-0.2, 0) is 11.3 Å². The molecule has 5 nitrogen and oxygen atoms in total. The van der Waals surface area contributed by atoms with Gasteiger partial charge in [0.1, 0.15) is 17.2 Å². The molecule has 0 aliphatic carbocycles. The van der Waals surface area contributed by atoms with Crippen LogP contribution in [-0.4, -0.2) is 27.2 Å². The predicted octanol–water partition coefficient (Wildman–Crippen LogP) is 3.70. The van der Waals surface area contributed by atoms with Gasteiger partial charge in [-0.1, -0.05) is 23.7 Å². The standard InChI is InChI=1S/C19H20ClNO4/c1-23-15-10-17(24-2)16(18(11-15)25-3)12-21-19(22)8-7-13-5-4-6-14(20)9-13/h4-11H,12H2,1-3H3,(H,21,22)/b8-7+. The number of carbonyl (C=O) groups excluding carboxylic acids is 1. The van der Waals surface area contributed by atoms with Crippen LogP contribution in [0.5, 0.6) is 17.2 Å². The molecule has 0 spiro atoms. The van der Waals surface area contributed by atoms with Crippen LogP contribution in [0.2, 0.25) is 5.02 Å². The summed E-state index contributed by atoms with van der Waals surface area (Å²) in [5, 5.41) is 3.43. The molecule has 0 bridgehead atoms. The van der Waals surface area contributed by atoms with Crippen molar-refractivity contribution >= 4 is 23.6 Å². The number of benzene rings is 2. The minimum atomic E-state index is -0.236. The third kappa shape index (κ3) is 5.16. The molecule has 0 radical (unpaired) electrons. The summed E-state index contributed by atoms with van der Waals surface area (Å²) in [6, 6.07) is 10.7. The van der Waals surface area contributed by atoms with Crippen LogP contribution >= 0.6 is 11.6 Å². The smallest absolute Gasteiger partial charge is 0.244 e. The van der Waals surface area contributed by atoms with Crippen molar-refractivity contribution in [3.05, 3.63) is 58.6 Å². The molecule has 0 aliphatic rings. The highest BCUT2D eigenvalue weighted by molar-refractivity contribution is 6.30.